The van der Waals surface area contributed by atoms with Gasteiger partial charge >= 0.3 is 5.69 Å². The van der Waals surface area contributed by atoms with Gasteiger partial charge in [0.15, 0.2) is 5.78 Å². The molecule has 0 aliphatic heterocycles. The lowest BCUT2D eigenvalue weighted by atomic mass is 10.2. The largest absolute Gasteiger partial charge is 0.330 e. The molecule has 0 amide bonds. The Morgan fingerprint density at radius 2 is 1.95 bits per heavy atom. The van der Waals surface area contributed by atoms with Gasteiger partial charge in [0.2, 0.25) is 0 Å². The van der Waals surface area contributed by atoms with Gasteiger partial charge in [-0.2, -0.15) is 0 Å². The van der Waals surface area contributed by atoms with Crippen LogP contribution in [0.2, 0.25) is 0 Å². The molecule has 6 heteroatoms. The van der Waals surface area contributed by atoms with Crippen LogP contribution in [-0.2, 0) is 14.1 Å². The summed E-state index contributed by atoms with van der Waals surface area (Å²) in [7, 11) is 2.97. The van der Waals surface area contributed by atoms with Gasteiger partial charge in [0.05, 0.1) is 10.4 Å². The maximum Gasteiger partial charge on any atom is 0.330 e. The van der Waals surface area contributed by atoms with Gasteiger partial charge in [-0.1, -0.05) is 0 Å². The zero-order chi connectivity index (χ0) is 14.9. The van der Waals surface area contributed by atoms with E-state index >= 15 is 0 Å². The van der Waals surface area contributed by atoms with Crippen LogP contribution >= 0.6 is 11.3 Å². The molecule has 0 aromatic carbocycles. The van der Waals surface area contributed by atoms with Gasteiger partial charge in [-0.25, -0.2) is 4.79 Å². The van der Waals surface area contributed by atoms with E-state index in [4.69, 9.17) is 0 Å². The topological polar surface area (TPSA) is 61.1 Å². The number of carbonyl (C=O) groups is 1. The van der Waals surface area contributed by atoms with E-state index in [0.717, 1.165) is 9.44 Å². The average Bonchev–Trinajstić information content (AvgIpc) is 2.85. The summed E-state index contributed by atoms with van der Waals surface area (Å²) in [6.45, 7) is 1.92. The standard InChI is InChI=1S/C14H14N2O3S/c1-9-4-7-12(20-9)11(17)6-5-10-8-15(2)14(19)16(3)13(10)18/h4-8H,1-3H3. The van der Waals surface area contributed by atoms with E-state index in [2.05, 4.69) is 0 Å². The van der Waals surface area contributed by atoms with Gasteiger partial charge in [-0.3, -0.25) is 14.2 Å². The number of rotatable bonds is 3. The summed E-state index contributed by atoms with van der Waals surface area (Å²) in [6, 6.07) is 3.63. The second-order valence-electron chi connectivity index (χ2n) is 4.45. The molecule has 2 rings (SSSR count). The number of hydrogen-bond acceptors (Lipinski definition) is 4. The van der Waals surface area contributed by atoms with E-state index in [9.17, 15) is 14.4 Å². The third-order valence-corrected chi connectivity index (χ3v) is 3.89. The van der Waals surface area contributed by atoms with Gasteiger partial charge in [0.1, 0.15) is 0 Å². The molecule has 0 N–H and O–H groups in total. The molecule has 20 heavy (non-hydrogen) atoms. The highest BCUT2D eigenvalue weighted by atomic mass is 32.1. The molecule has 2 aromatic heterocycles. The van der Waals surface area contributed by atoms with E-state index in [-0.39, 0.29) is 5.78 Å². The van der Waals surface area contributed by atoms with E-state index in [1.165, 1.54) is 41.3 Å². The lowest BCUT2D eigenvalue weighted by Gasteiger charge is -2.02. The number of thiophene rings is 1. The summed E-state index contributed by atoms with van der Waals surface area (Å²) in [5, 5.41) is 0. The minimum Gasteiger partial charge on any atom is -0.303 e. The Labute approximate surface area is 119 Å². The Bertz CT molecular complexity index is 809. The molecule has 0 saturated heterocycles. The summed E-state index contributed by atoms with van der Waals surface area (Å²) in [5.74, 6) is -0.154. The van der Waals surface area contributed by atoms with Crippen molar-refractivity contribution in [3.8, 4) is 0 Å². The molecule has 0 bridgehead atoms. The summed E-state index contributed by atoms with van der Waals surface area (Å²) in [4.78, 5) is 37.0. The van der Waals surface area contributed by atoms with Crippen LogP contribution in [0.4, 0.5) is 0 Å². The summed E-state index contributed by atoms with van der Waals surface area (Å²) in [6.07, 6.45) is 4.22. The quantitative estimate of drug-likeness (QED) is 0.633. The summed E-state index contributed by atoms with van der Waals surface area (Å²) >= 11 is 1.40. The maximum absolute atomic E-state index is 11.9. The van der Waals surface area contributed by atoms with Crippen LogP contribution in [0.3, 0.4) is 0 Å². The fraction of sp³-hybridized carbons (Fsp3) is 0.214. The molecule has 0 aliphatic carbocycles. The maximum atomic E-state index is 11.9. The first-order valence-corrected chi connectivity index (χ1v) is 6.77. The Hall–Kier alpha value is -2.21. The number of aromatic nitrogens is 2. The Balaban J connectivity index is 2.35. The van der Waals surface area contributed by atoms with E-state index in [1.807, 2.05) is 13.0 Å². The fourth-order valence-corrected chi connectivity index (χ4v) is 2.55. The molecule has 0 unspecified atom stereocenters. The van der Waals surface area contributed by atoms with Gasteiger partial charge < -0.3 is 4.57 Å². The fourth-order valence-electron chi connectivity index (χ4n) is 1.77. The molecule has 0 spiro atoms. The molecule has 0 saturated carbocycles. The number of allylic oxidation sites excluding steroid dienone is 1. The van der Waals surface area contributed by atoms with Gasteiger partial charge in [0.25, 0.3) is 5.56 Å². The molecule has 2 aromatic rings. The normalized spacial score (nSPS) is 11.2. The molecular weight excluding hydrogens is 276 g/mol. The van der Waals surface area contributed by atoms with Crippen molar-refractivity contribution in [3.05, 3.63) is 60.6 Å². The Morgan fingerprint density at radius 1 is 1.25 bits per heavy atom. The second-order valence-corrected chi connectivity index (χ2v) is 5.74. The van der Waals surface area contributed by atoms with Crippen molar-refractivity contribution in [2.75, 3.05) is 0 Å². The van der Waals surface area contributed by atoms with Crippen molar-refractivity contribution in [1.82, 2.24) is 9.13 Å². The van der Waals surface area contributed by atoms with Crippen molar-refractivity contribution < 1.29 is 4.79 Å². The predicted octanol–water partition coefficient (Wildman–Crippen LogP) is 1.35. The van der Waals surface area contributed by atoms with Crippen LogP contribution in [0.15, 0.2) is 34.0 Å². The molecule has 104 valence electrons. The lowest BCUT2D eigenvalue weighted by molar-refractivity contribution is 0.105. The van der Waals surface area contributed by atoms with Gasteiger partial charge in [0, 0.05) is 25.2 Å². The molecule has 2 heterocycles. The number of nitrogens with zero attached hydrogens (tertiary/aromatic N) is 2. The van der Waals surface area contributed by atoms with Crippen LogP contribution in [0, 0.1) is 6.92 Å². The predicted molar refractivity (Wildman–Crippen MR) is 79.3 cm³/mol. The molecule has 0 fully saturated rings. The molecule has 5 nitrogen and oxygen atoms in total. The van der Waals surface area contributed by atoms with E-state index in [0.29, 0.717) is 10.4 Å². The first-order chi connectivity index (χ1) is 9.40. The van der Waals surface area contributed by atoms with Crippen molar-refractivity contribution >= 4 is 23.2 Å². The van der Waals surface area contributed by atoms with Gasteiger partial charge in [-0.05, 0) is 31.2 Å². The van der Waals surface area contributed by atoms with Crippen LogP contribution in [-0.4, -0.2) is 14.9 Å². The zero-order valence-electron chi connectivity index (χ0n) is 11.4. The minimum absolute atomic E-state index is 0.154. The Kier molecular flexibility index (Phi) is 3.85. The number of hydrogen-bond donors (Lipinski definition) is 0. The molecule has 0 aliphatic rings. The monoisotopic (exact) mass is 290 g/mol. The highest BCUT2D eigenvalue weighted by Gasteiger charge is 2.07. The zero-order valence-corrected chi connectivity index (χ0v) is 12.2. The molecular formula is C14H14N2O3S. The lowest BCUT2D eigenvalue weighted by Crippen LogP contribution is -2.37. The highest BCUT2D eigenvalue weighted by molar-refractivity contribution is 7.14. The first-order valence-electron chi connectivity index (χ1n) is 5.95. The van der Waals surface area contributed by atoms with Crippen LogP contribution in [0.25, 0.3) is 6.08 Å². The smallest absolute Gasteiger partial charge is 0.303 e. The van der Waals surface area contributed by atoms with E-state index < -0.39 is 11.2 Å². The van der Waals surface area contributed by atoms with Crippen molar-refractivity contribution in [3.63, 3.8) is 0 Å². The van der Waals surface area contributed by atoms with Gasteiger partial charge in [-0.15, -0.1) is 11.3 Å². The first kappa shape index (κ1) is 14.2. The number of carbonyl (C=O) groups excluding carboxylic acids is 1. The third kappa shape index (κ3) is 2.70. The summed E-state index contributed by atoms with van der Waals surface area (Å²) < 4.78 is 2.32. The average molecular weight is 290 g/mol. The van der Waals surface area contributed by atoms with Crippen LogP contribution < -0.4 is 11.2 Å². The third-order valence-electron chi connectivity index (χ3n) is 2.87. The SMILES string of the molecule is Cc1ccc(C(=O)C=Cc2cn(C)c(=O)n(C)c2=O)s1. The Morgan fingerprint density at radius 3 is 2.55 bits per heavy atom. The molecule has 0 radical (unpaired) electrons. The number of ketones is 1. The van der Waals surface area contributed by atoms with Crippen molar-refractivity contribution in [2.24, 2.45) is 14.1 Å². The van der Waals surface area contributed by atoms with Crippen LogP contribution in [0.5, 0.6) is 0 Å². The second kappa shape index (κ2) is 5.42. The van der Waals surface area contributed by atoms with E-state index in [1.54, 1.807) is 13.1 Å². The summed E-state index contributed by atoms with van der Waals surface area (Å²) in [5.41, 5.74) is -0.511. The number of aryl methyl sites for hydroxylation is 2. The molecule has 0 atom stereocenters. The highest BCUT2D eigenvalue weighted by Crippen LogP contribution is 2.16. The van der Waals surface area contributed by atoms with Crippen molar-refractivity contribution in [1.29, 1.82) is 0 Å². The minimum atomic E-state index is -0.417. The van der Waals surface area contributed by atoms with Crippen molar-refractivity contribution in [2.45, 2.75) is 6.92 Å². The van der Waals surface area contributed by atoms with Crippen LogP contribution in [0.1, 0.15) is 20.1 Å².